The number of ether oxygens (including phenoxy) is 4. The zero-order valence-corrected chi connectivity index (χ0v) is 22.7. The van der Waals surface area contributed by atoms with Crippen molar-refractivity contribution in [2.45, 2.75) is 19.4 Å². The van der Waals surface area contributed by atoms with E-state index in [1.54, 1.807) is 31.4 Å². The van der Waals surface area contributed by atoms with Gasteiger partial charge in [-0.1, -0.05) is 60.2 Å². The van der Waals surface area contributed by atoms with Gasteiger partial charge in [-0.25, -0.2) is 4.79 Å². The van der Waals surface area contributed by atoms with Crippen molar-refractivity contribution in [3.63, 3.8) is 0 Å². The van der Waals surface area contributed by atoms with Crippen LogP contribution in [0.1, 0.15) is 33.7 Å². The van der Waals surface area contributed by atoms with Crippen LogP contribution in [-0.2, 0) is 11.4 Å². The molecule has 0 spiro atoms. The van der Waals surface area contributed by atoms with Crippen LogP contribution in [0, 0.1) is 18.3 Å². The molecule has 1 aliphatic rings. The first-order valence-electron chi connectivity index (χ1n) is 13.0. The Bertz CT molecular complexity index is 1670. The molecule has 0 fully saturated rings. The van der Waals surface area contributed by atoms with Crippen molar-refractivity contribution in [1.82, 2.24) is 0 Å². The van der Waals surface area contributed by atoms with Crippen molar-refractivity contribution in [2.24, 2.45) is 5.73 Å². The molecular formula is C34H28N2O5. The molecular weight excluding hydrogens is 516 g/mol. The number of nitrogens with zero attached hydrogens (tertiary/aromatic N) is 1. The van der Waals surface area contributed by atoms with Gasteiger partial charge in [0.15, 0.2) is 0 Å². The highest BCUT2D eigenvalue weighted by atomic mass is 16.5. The third kappa shape index (κ3) is 6.40. The largest absolute Gasteiger partial charge is 0.497 e. The minimum atomic E-state index is -0.548. The molecule has 204 valence electrons. The lowest BCUT2D eigenvalue weighted by atomic mass is 9.83. The molecule has 0 aromatic heterocycles. The highest BCUT2D eigenvalue weighted by molar-refractivity contribution is 5.88. The number of nitrogens with two attached hydrogens (primary N) is 1. The monoisotopic (exact) mass is 544 g/mol. The zero-order chi connectivity index (χ0) is 28.8. The fourth-order valence-corrected chi connectivity index (χ4v) is 4.51. The lowest BCUT2D eigenvalue weighted by Gasteiger charge is -2.27. The maximum absolute atomic E-state index is 12.5. The number of rotatable bonds is 8. The van der Waals surface area contributed by atoms with Gasteiger partial charge in [-0.2, -0.15) is 5.26 Å². The van der Waals surface area contributed by atoms with Crippen LogP contribution in [0.15, 0.2) is 109 Å². The first-order chi connectivity index (χ1) is 19.9. The Labute approximate surface area is 238 Å². The maximum Gasteiger partial charge on any atom is 0.336 e. The minimum absolute atomic E-state index is 0.00106. The van der Waals surface area contributed by atoms with Crippen LogP contribution in [0.25, 0.3) is 6.08 Å². The smallest absolute Gasteiger partial charge is 0.336 e. The first-order valence-corrected chi connectivity index (χ1v) is 13.0. The minimum Gasteiger partial charge on any atom is -0.497 e. The molecule has 1 atom stereocenters. The summed E-state index contributed by atoms with van der Waals surface area (Å²) in [6, 6.07) is 30.2. The molecule has 4 aromatic carbocycles. The van der Waals surface area contributed by atoms with E-state index in [-0.39, 0.29) is 11.6 Å². The molecule has 1 heterocycles. The van der Waals surface area contributed by atoms with Gasteiger partial charge in [-0.3, -0.25) is 0 Å². The van der Waals surface area contributed by atoms with Gasteiger partial charge in [0.2, 0.25) is 5.88 Å². The molecule has 0 radical (unpaired) electrons. The number of carbonyl (C=O) groups is 1. The summed E-state index contributed by atoms with van der Waals surface area (Å²) in [5.41, 5.74) is 11.1. The van der Waals surface area contributed by atoms with E-state index < -0.39 is 11.9 Å². The van der Waals surface area contributed by atoms with Crippen LogP contribution in [0.2, 0.25) is 0 Å². The van der Waals surface area contributed by atoms with Gasteiger partial charge >= 0.3 is 5.97 Å². The quantitative estimate of drug-likeness (QED) is 0.155. The Morgan fingerprint density at radius 1 is 0.976 bits per heavy atom. The molecule has 0 saturated carbocycles. The molecule has 0 aliphatic carbocycles. The summed E-state index contributed by atoms with van der Waals surface area (Å²) in [6.45, 7) is 2.46. The number of hydrogen-bond acceptors (Lipinski definition) is 7. The van der Waals surface area contributed by atoms with E-state index >= 15 is 0 Å². The Kier molecular flexibility index (Phi) is 8.03. The molecule has 0 saturated heterocycles. The van der Waals surface area contributed by atoms with Gasteiger partial charge in [0, 0.05) is 17.7 Å². The number of hydrogen-bond donors (Lipinski definition) is 1. The average molecular weight is 545 g/mol. The number of nitriles is 1. The van der Waals surface area contributed by atoms with Gasteiger partial charge in [0.1, 0.15) is 41.2 Å². The van der Waals surface area contributed by atoms with Gasteiger partial charge in [0.05, 0.1) is 13.0 Å². The summed E-state index contributed by atoms with van der Waals surface area (Å²) < 4.78 is 22.5. The fraction of sp³-hybridized carbons (Fsp3) is 0.118. The molecule has 4 aromatic rings. The van der Waals surface area contributed by atoms with Crippen molar-refractivity contribution in [2.75, 3.05) is 7.11 Å². The molecule has 41 heavy (non-hydrogen) atoms. The topological polar surface area (TPSA) is 104 Å². The second-order valence-corrected chi connectivity index (χ2v) is 9.50. The zero-order valence-electron chi connectivity index (χ0n) is 22.7. The number of aryl methyl sites for hydroxylation is 1. The van der Waals surface area contributed by atoms with E-state index in [9.17, 15) is 10.1 Å². The van der Waals surface area contributed by atoms with Crippen LogP contribution >= 0.6 is 0 Å². The summed E-state index contributed by atoms with van der Waals surface area (Å²) in [6.07, 6.45) is 3.00. The molecule has 0 bridgehead atoms. The molecule has 1 aliphatic heterocycles. The van der Waals surface area contributed by atoms with E-state index in [4.69, 9.17) is 24.7 Å². The van der Waals surface area contributed by atoms with Crippen molar-refractivity contribution in [3.05, 3.63) is 136 Å². The summed E-state index contributed by atoms with van der Waals surface area (Å²) >= 11 is 0. The predicted octanol–water partition coefficient (Wildman–Crippen LogP) is 6.42. The summed E-state index contributed by atoms with van der Waals surface area (Å²) in [5, 5.41) is 9.94. The third-order valence-corrected chi connectivity index (χ3v) is 6.65. The Morgan fingerprint density at radius 2 is 1.73 bits per heavy atom. The van der Waals surface area contributed by atoms with Crippen molar-refractivity contribution in [3.8, 4) is 29.1 Å². The molecule has 2 N–H and O–H groups in total. The molecule has 5 rings (SSSR count). The van der Waals surface area contributed by atoms with Crippen LogP contribution < -0.4 is 24.7 Å². The van der Waals surface area contributed by atoms with E-state index in [1.807, 2.05) is 79.7 Å². The normalized spacial score (nSPS) is 14.1. The second kappa shape index (κ2) is 12.1. The molecule has 7 nitrogen and oxygen atoms in total. The summed E-state index contributed by atoms with van der Waals surface area (Å²) in [7, 11) is 1.59. The highest BCUT2D eigenvalue weighted by Crippen LogP contribution is 2.44. The van der Waals surface area contributed by atoms with Gasteiger partial charge in [0.25, 0.3) is 0 Å². The van der Waals surface area contributed by atoms with Crippen molar-refractivity contribution < 1.29 is 23.7 Å². The lowest BCUT2D eigenvalue weighted by Crippen LogP contribution is -2.21. The first kappa shape index (κ1) is 27.1. The molecule has 1 unspecified atom stereocenters. The number of esters is 1. The average Bonchev–Trinajstić information content (AvgIpc) is 2.99. The van der Waals surface area contributed by atoms with Crippen LogP contribution in [0.5, 0.6) is 23.0 Å². The van der Waals surface area contributed by atoms with Crippen molar-refractivity contribution in [1.29, 1.82) is 5.26 Å². The lowest BCUT2D eigenvalue weighted by molar-refractivity contribution is -0.128. The Balaban J connectivity index is 1.35. The number of methoxy groups -OCH3 is 1. The van der Waals surface area contributed by atoms with E-state index in [1.165, 1.54) is 11.6 Å². The Morgan fingerprint density at radius 3 is 2.46 bits per heavy atom. The summed E-state index contributed by atoms with van der Waals surface area (Å²) in [5.74, 6) is 1.06. The number of carbonyl (C=O) groups excluding carboxylic acids is 1. The SMILES string of the molecule is COc1ccc(/C=C/C(=O)Oc2ccc3c(c2)OC(N)=C(C#N)C3c2cccc(OCc3ccc(C)cc3)c2)cc1. The molecule has 7 heteroatoms. The van der Waals surface area contributed by atoms with Gasteiger partial charge in [-0.05, 0) is 60.0 Å². The van der Waals surface area contributed by atoms with E-state index in [0.29, 0.717) is 23.7 Å². The number of benzene rings is 4. The fourth-order valence-electron chi connectivity index (χ4n) is 4.51. The summed E-state index contributed by atoms with van der Waals surface area (Å²) in [4.78, 5) is 12.5. The maximum atomic E-state index is 12.5. The Hall–Kier alpha value is -5.48. The van der Waals surface area contributed by atoms with Gasteiger partial charge in [-0.15, -0.1) is 0 Å². The van der Waals surface area contributed by atoms with Crippen LogP contribution in [-0.4, -0.2) is 13.1 Å². The standard InChI is InChI=1S/C34H28N2O5/c1-22-6-8-24(9-7-22)21-39-27-5-3-4-25(18-27)33-29-16-15-28(19-31(29)41-34(36)30(33)20-35)40-32(37)17-12-23-10-13-26(38-2)14-11-23/h3-19,33H,21,36H2,1-2H3/b17-12+. The van der Waals surface area contributed by atoms with E-state index in [0.717, 1.165) is 28.0 Å². The predicted molar refractivity (Wildman–Crippen MR) is 155 cm³/mol. The van der Waals surface area contributed by atoms with Crippen LogP contribution in [0.4, 0.5) is 0 Å². The van der Waals surface area contributed by atoms with Gasteiger partial charge < -0.3 is 24.7 Å². The van der Waals surface area contributed by atoms with E-state index in [2.05, 4.69) is 6.07 Å². The number of fused-ring (bicyclic) bond motifs is 1. The third-order valence-electron chi connectivity index (χ3n) is 6.65. The molecule has 0 amide bonds. The van der Waals surface area contributed by atoms with Crippen molar-refractivity contribution >= 4 is 12.0 Å². The number of allylic oxidation sites excluding steroid dienone is 1. The van der Waals surface area contributed by atoms with Crippen LogP contribution in [0.3, 0.4) is 0 Å². The second-order valence-electron chi connectivity index (χ2n) is 9.50. The highest BCUT2D eigenvalue weighted by Gasteiger charge is 2.31.